The summed E-state index contributed by atoms with van der Waals surface area (Å²) in [5.41, 5.74) is 1.93. The van der Waals surface area contributed by atoms with Crippen molar-refractivity contribution in [3.63, 3.8) is 0 Å². The first-order valence-corrected chi connectivity index (χ1v) is 8.14. The number of hydrogen-bond acceptors (Lipinski definition) is 6. The second-order valence-electron chi connectivity index (χ2n) is 5.80. The van der Waals surface area contributed by atoms with Crippen molar-refractivity contribution in [3.05, 3.63) is 60.8 Å². The van der Waals surface area contributed by atoms with Crippen LogP contribution in [0.1, 0.15) is 5.82 Å². The molecule has 0 saturated carbocycles. The lowest BCUT2D eigenvalue weighted by molar-refractivity contribution is -0.274. The van der Waals surface area contributed by atoms with Gasteiger partial charge in [-0.1, -0.05) is 0 Å². The Kier molecular flexibility index (Phi) is 4.30. The van der Waals surface area contributed by atoms with E-state index in [2.05, 4.69) is 30.0 Å². The van der Waals surface area contributed by atoms with Crippen LogP contribution in [-0.2, 0) is 0 Å². The number of aryl methyl sites for hydroxylation is 1. The molecular formula is C18H13F3N6O. The van der Waals surface area contributed by atoms with Crippen molar-refractivity contribution in [1.29, 1.82) is 0 Å². The monoisotopic (exact) mass is 386 g/mol. The molecule has 7 nitrogen and oxygen atoms in total. The largest absolute Gasteiger partial charge is 0.573 e. The van der Waals surface area contributed by atoms with Gasteiger partial charge in [-0.3, -0.25) is 9.55 Å². The van der Waals surface area contributed by atoms with E-state index in [1.165, 1.54) is 30.5 Å². The Morgan fingerprint density at radius 3 is 2.57 bits per heavy atom. The first kappa shape index (κ1) is 17.7. The van der Waals surface area contributed by atoms with E-state index in [4.69, 9.17) is 0 Å². The van der Waals surface area contributed by atoms with Gasteiger partial charge in [-0.25, -0.2) is 15.0 Å². The van der Waals surface area contributed by atoms with E-state index in [0.717, 1.165) is 5.52 Å². The molecule has 3 heterocycles. The third-order valence-corrected chi connectivity index (χ3v) is 3.81. The average molecular weight is 386 g/mol. The minimum atomic E-state index is -4.73. The molecule has 0 fully saturated rings. The van der Waals surface area contributed by atoms with Gasteiger partial charge in [0.25, 0.3) is 0 Å². The van der Waals surface area contributed by atoms with Crippen LogP contribution in [-0.4, -0.2) is 30.9 Å². The second-order valence-corrected chi connectivity index (χ2v) is 5.80. The Morgan fingerprint density at radius 2 is 1.82 bits per heavy atom. The Balaban J connectivity index is 1.60. The molecule has 0 amide bonds. The maximum Gasteiger partial charge on any atom is 0.573 e. The number of halogens is 3. The average Bonchev–Trinajstić information content (AvgIpc) is 2.98. The van der Waals surface area contributed by atoms with Crippen molar-refractivity contribution in [2.45, 2.75) is 13.3 Å². The highest BCUT2D eigenvalue weighted by Gasteiger charge is 2.30. The smallest absolute Gasteiger partial charge is 0.406 e. The van der Waals surface area contributed by atoms with Crippen LogP contribution in [0.15, 0.2) is 55.0 Å². The lowest BCUT2D eigenvalue weighted by Gasteiger charge is -2.11. The Labute approximate surface area is 156 Å². The molecule has 0 atom stereocenters. The molecule has 0 unspecified atom stereocenters. The first-order valence-electron chi connectivity index (χ1n) is 8.14. The summed E-state index contributed by atoms with van der Waals surface area (Å²) in [6.07, 6.45) is 0.0346. The molecule has 0 aliphatic heterocycles. The Hall–Kier alpha value is -3.69. The zero-order valence-corrected chi connectivity index (χ0v) is 14.5. The molecule has 0 radical (unpaired) electrons. The minimum absolute atomic E-state index is 0.300. The molecule has 142 valence electrons. The van der Waals surface area contributed by atoms with Crippen molar-refractivity contribution < 1.29 is 17.9 Å². The SMILES string of the molecule is Cc1nc2ncccc2n1-c1cncc(Nc2ccc(OC(F)(F)F)cc2)n1. The third kappa shape index (κ3) is 3.70. The summed E-state index contributed by atoms with van der Waals surface area (Å²) < 4.78 is 42.4. The summed E-state index contributed by atoms with van der Waals surface area (Å²) in [6.45, 7) is 1.84. The molecule has 0 spiro atoms. The number of anilines is 2. The normalized spacial score (nSPS) is 11.6. The van der Waals surface area contributed by atoms with Gasteiger partial charge < -0.3 is 10.1 Å². The number of hydrogen-bond donors (Lipinski definition) is 1. The summed E-state index contributed by atoms with van der Waals surface area (Å²) in [4.78, 5) is 17.3. The Morgan fingerprint density at radius 1 is 1.04 bits per heavy atom. The minimum Gasteiger partial charge on any atom is -0.406 e. The predicted octanol–water partition coefficient (Wildman–Crippen LogP) is 4.16. The van der Waals surface area contributed by atoms with Gasteiger partial charge in [-0.2, -0.15) is 0 Å². The molecule has 0 aliphatic carbocycles. The molecule has 4 rings (SSSR count). The van der Waals surface area contributed by atoms with E-state index >= 15 is 0 Å². The van der Waals surface area contributed by atoms with Crippen molar-refractivity contribution in [2.75, 3.05) is 5.32 Å². The van der Waals surface area contributed by atoms with E-state index in [0.29, 0.717) is 28.8 Å². The van der Waals surface area contributed by atoms with Gasteiger partial charge >= 0.3 is 6.36 Å². The van der Waals surface area contributed by atoms with Crippen LogP contribution >= 0.6 is 0 Å². The molecule has 3 aromatic heterocycles. The topological polar surface area (TPSA) is 77.8 Å². The van der Waals surface area contributed by atoms with Crippen LogP contribution in [0.25, 0.3) is 17.0 Å². The molecule has 0 aliphatic rings. The highest BCUT2D eigenvalue weighted by molar-refractivity contribution is 5.73. The van der Waals surface area contributed by atoms with Gasteiger partial charge in [0, 0.05) is 11.9 Å². The predicted molar refractivity (Wildman–Crippen MR) is 95.6 cm³/mol. The van der Waals surface area contributed by atoms with Crippen LogP contribution in [0.4, 0.5) is 24.7 Å². The molecule has 1 aromatic carbocycles. The summed E-state index contributed by atoms with van der Waals surface area (Å²) in [7, 11) is 0. The van der Waals surface area contributed by atoms with E-state index in [9.17, 15) is 13.2 Å². The molecule has 4 aromatic rings. The number of nitrogens with zero attached hydrogens (tertiary/aromatic N) is 5. The van der Waals surface area contributed by atoms with Crippen LogP contribution in [0, 0.1) is 6.92 Å². The molecule has 0 saturated heterocycles. The van der Waals surface area contributed by atoms with Crippen LogP contribution in [0.5, 0.6) is 5.75 Å². The fourth-order valence-corrected chi connectivity index (χ4v) is 2.73. The molecule has 28 heavy (non-hydrogen) atoms. The van der Waals surface area contributed by atoms with Gasteiger partial charge in [0.15, 0.2) is 17.3 Å². The lowest BCUT2D eigenvalue weighted by atomic mass is 10.3. The maximum absolute atomic E-state index is 12.2. The summed E-state index contributed by atoms with van der Waals surface area (Å²) in [6, 6.07) is 9.02. The van der Waals surface area contributed by atoms with Crippen LogP contribution < -0.4 is 10.1 Å². The van der Waals surface area contributed by atoms with E-state index in [1.807, 2.05) is 17.6 Å². The Bertz CT molecular complexity index is 1120. The fourth-order valence-electron chi connectivity index (χ4n) is 2.73. The van der Waals surface area contributed by atoms with E-state index in [-0.39, 0.29) is 5.75 Å². The first-order chi connectivity index (χ1) is 13.4. The number of alkyl halides is 3. The van der Waals surface area contributed by atoms with Crippen LogP contribution in [0.2, 0.25) is 0 Å². The summed E-state index contributed by atoms with van der Waals surface area (Å²) >= 11 is 0. The number of rotatable bonds is 4. The van der Waals surface area contributed by atoms with Gasteiger partial charge in [0.2, 0.25) is 0 Å². The van der Waals surface area contributed by atoms with Gasteiger partial charge in [0.05, 0.1) is 17.9 Å². The zero-order chi connectivity index (χ0) is 19.7. The van der Waals surface area contributed by atoms with Crippen molar-refractivity contribution in [1.82, 2.24) is 24.5 Å². The molecular weight excluding hydrogens is 373 g/mol. The summed E-state index contributed by atoms with van der Waals surface area (Å²) in [5, 5.41) is 3.00. The van der Waals surface area contributed by atoms with E-state index < -0.39 is 6.36 Å². The van der Waals surface area contributed by atoms with Crippen molar-refractivity contribution in [3.8, 4) is 11.6 Å². The fraction of sp³-hybridized carbons (Fsp3) is 0.111. The van der Waals surface area contributed by atoms with Gasteiger partial charge in [-0.05, 0) is 43.3 Å². The summed E-state index contributed by atoms with van der Waals surface area (Å²) in [5.74, 6) is 1.36. The lowest BCUT2D eigenvalue weighted by Crippen LogP contribution is -2.16. The number of benzene rings is 1. The zero-order valence-electron chi connectivity index (χ0n) is 14.5. The van der Waals surface area contributed by atoms with Gasteiger partial charge in [-0.15, -0.1) is 13.2 Å². The quantitative estimate of drug-likeness (QED) is 0.567. The molecule has 10 heteroatoms. The molecule has 0 bridgehead atoms. The number of imidazole rings is 1. The maximum atomic E-state index is 12.2. The number of nitrogens with one attached hydrogen (secondary N) is 1. The highest BCUT2D eigenvalue weighted by Crippen LogP contribution is 2.25. The number of fused-ring (bicyclic) bond motifs is 1. The van der Waals surface area contributed by atoms with Crippen molar-refractivity contribution >= 4 is 22.7 Å². The standard InChI is InChI=1S/C18H13F3N6O/c1-11-24-17-14(3-2-8-23-17)27(11)16-10-22-9-15(26-16)25-12-4-6-13(7-5-12)28-18(19,20)21/h2-10H,1H3,(H,25,26). The number of ether oxygens (including phenoxy) is 1. The van der Waals surface area contributed by atoms with Gasteiger partial charge in [0.1, 0.15) is 11.6 Å². The highest BCUT2D eigenvalue weighted by atomic mass is 19.4. The number of pyridine rings is 1. The second kappa shape index (κ2) is 6.80. The van der Waals surface area contributed by atoms with E-state index in [1.54, 1.807) is 18.5 Å². The molecule has 1 N–H and O–H groups in total. The van der Waals surface area contributed by atoms with Crippen molar-refractivity contribution in [2.24, 2.45) is 0 Å². The third-order valence-electron chi connectivity index (χ3n) is 3.81. The van der Waals surface area contributed by atoms with Crippen LogP contribution in [0.3, 0.4) is 0 Å². The number of aromatic nitrogens is 5.